The summed E-state index contributed by atoms with van der Waals surface area (Å²) in [6.07, 6.45) is 17.7. The van der Waals surface area contributed by atoms with Crippen molar-refractivity contribution >= 4 is 13.6 Å². The smallest absolute Gasteiger partial charge is 0.549 e. The summed E-state index contributed by atoms with van der Waals surface area (Å²) in [4.78, 5) is 28.6. The minimum Gasteiger partial charge on any atom is -0.549 e. The normalized spacial score (nSPS) is 12.9. The van der Waals surface area contributed by atoms with E-state index >= 15 is 0 Å². The predicted octanol–water partition coefficient (Wildman–Crippen LogP) is 0.934. The van der Waals surface area contributed by atoms with Crippen molar-refractivity contribution in [3.8, 4) is 0 Å². The van der Waals surface area contributed by atoms with E-state index in [2.05, 4.69) is 19.1 Å². The zero-order valence-electron chi connectivity index (χ0n) is 16.0. The van der Waals surface area contributed by atoms with Gasteiger partial charge in [-0.2, -0.15) is 0 Å². The third-order valence-corrected chi connectivity index (χ3v) is 5.45. The minimum absolute atomic E-state index is 0. The van der Waals surface area contributed by atoms with E-state index in [-0.39, 0.29) is 36.0 Å². The Balaban J connectivity index is 0. The molecule has 142 valence electrons. The van der Waals surface area contributed by atoms with E-state index in [0.717, 1.165) is 32.1 Å². The molecule has 0 aromatic rings. The summed E-state index contributed by atoms with van der Waals surface area (Å²) in [5.74, 6) is -1.65. The maximum atomic E-state index is 11.0. The molecule has 0 aromatic carbocycles. The van der Waals surface area contributed by atoms with Gasteiger partial charge < -0.3 is 19.7 Å². The number of carbonyl (C=O) groups excluding carboxylic acids is 1. The summed E-state index contributed by atoms with van der Waals surface area (Å²) >= 11 is 0. The molecule has 0 radical (unpaired) electrons. The first-order chi connectivity index (χ1) is 11.4. The first-order valence-electron chi connectivity index (χ1n) is 9.30. The van der Waals surface area contributed by atoms with Crippen molar-refractivity contribution in [2.75, 3.05) is 0 Å². The van der Waals surface area contributed by atoms with Crippen molar-refractivity contribution in [2.24, 2.45) is 0 Å². The second-order valence-electron chi connectivity index (χ2n) is 6.44. The Kier molecular flexibility index (Phi) is 19.6. The molecular weight excluding hydrogens is 350 g/mol. The fraction of sp³-hybridized carbons (Fsp3) is 0.833. The second-order valence-corrected chi connectivity index (χ2v) is 8.24. The molecule has 2 N–H and O–H groups in total. The van der Waals surface area contributed by atoms with E-state index in [1.165, 1.54) is 38.5 Å². The van der Waals surface area contributed by atoms with Crippen molar-refractivity contribution in [3.05, 3.63) is 12.2 Å². The van der Waals surface area contributed by atoms with Gasteiger partial charge in [0.2, 0.25) is 0 Å². The molecule has 0 heterocycles. The quantitative estimate of drug-likeness (QED) is 0.179. The minimum atomic E-state index is -4.59. The summed E-state index contributed by atoms with van der Waals surface area (Å²) < 4.78 is 11.0. The van der Waals surface area contributed by atoms with Crippen LogP contribution >= 0.6 is 7.60 Å². The summed E-state index contributed by atoms with van der Waals surface area (Å²) in [5.41, 5.74) is -1.66. The molecule has 5 nitrogen and oxygen atoms in total. The number of hydrogen-bond acceptors (Lipinski definition) is 3. The average molecular weight is 384 g/mol. The Bertz CT molecular complexity index is 395. The Hall–Kier alpha value is 0.360. The van der Waals surface area contributed by atoms with Crippen molar-refractivity contribution in [1.82, 2.24) is 0 Å². The molecule has 7 heteroatoms. The number of carbonyl (C=O) groups is 1. The van der Waals surface area contributed by atoms with Crippen LogP contribution in [0.15, 0.2) is 12.2 Å². The summed E-state index contributed by atoms with van der Waals surface area (Å²) in [5, 5.41) is 10.7. The number of allylic oxidation sites excluding steroid dienone is 2. The zero-order chi connectivity index (χ0) is 18.3. The van der Waals surface area contributed by atoms with Crippen LogP contribution in [0.4, 0.5) is 0 Å². The molecule has 0 aliphatic rings. The maximum absolute atomic E-state index is 11.0. The standard InChI is InChI=1S/C18H35O5P.Na/c1-2-3-4-5-6-7-8-9-10-11-12-13-14-15-16-17(18(19)20)24(21,22)23;/h9-10,17H,2-8,11-16H2,1H3,(H,19,20)(H2,21,22,23);/q;+1/p-1/b10-9-;. The van der Waals surface area contributed by atoms with Gasteiger partial charge in [-0.3, -0.25) is 4.57 Å². The van der Waals surface area contributed by atoms with Gasteiger partial charge in [0, 0.05) is 0 Å². The fourth-order valence-electron chi connectivity index (χ4n) is 2.65. The molecule has 25 heavy (non-hydrogen) atoms. The van der Waals surface area contributed by atoms with Gasteiger partial charge in [0.15, 0.2) is 0 Å². The number of hydrogen-bond donors (Lipinski definition) is 2. The number of carboxylic acids is 1. The van der Waals surface area contributed by atoms with Gasteiger partial charge in [-0.1, -0.05) is 70.4 Å². The van der Waals surface area contributed by atoms with Gasteiger partial charge in [-0.15, -0.1) is 0 Å². The van der Waals surface area contributed by atoms with Crippen LogP contribution in [0, 0.1) is 0 Å². The molecule has 0 fully saturated rings. The average Bonchev–Trinajstić information content (AvgIpc) is 2.49. The van der Waals surface area contributed by atoms with Crippen LogP contribution in [0.5, 0.6) is 0 Å². The van der Waals surface area contributed by atoms with Gasteiger partial charge >= 0.3 is 37.2 Å². The maximum Gasteiger partial charge on any atom is 1.00 e. The molecular formula is C18H34NaO5P. The van der Waals surface area contributed by atoms with Crippen molar-refractivity contribution in [1.29, 1.82) is 0 Å². The van der Waals surface area contributed by atoms with Gasteiger partial charge in [0.05, 0.1) is 5.97 Å². The first kappa shape index (κ1) is 27.6. The van der Waals surface area contributed by atoms with Crippen molar-refractivity contribution < 1.29 is 53.8 Å². The summed E-state index contributed by atoms with van der Waals surface area (Å²) in [6, 6.07) is 0. The molecule has 0 amide bonds. The van der Waals surface area contributed by atoms with E-state index in [0.29, 0.717) is 6.42 Å². The molecule has 0 rings (SSSR count). The van der Waals surface area contributed by atoms with Crippen molar-refractivity contribution in [2.45, 2.75) is 96.1 Å². The number of rotatable bonds is 16. The van der Waals surface area contributed by atoms with Crippen LogP contribution in [-0.4, -0.2) is 21.4 Å². The molecule has 1 atom stereocenters. The van der Waals surface area contributed by atoms with Gasteiger partial charge in [0.1, 0.15) is 5.66 Å². The van der Waals surface area contributed by atoms with Crippen LogP contribution < -0.4 is 34.7 Å². The van der Waals surface area contributed by atoms with Crippen LogP contribution in [0.3, 0.4) is 0 Å². The molecule has 0 aliphatic heterocycles. The number of carboxylic acid groups (broad SMARTS) is 1. The zero-order valence-corrected chi connectivity index (χ0v) is 18.9. The Labute approximate surface area is 175 Å². The predicted molar refractivity (Wildman–Crippen MR) is 95.7 cm³/mol. The molecule has 0 aliphatic carbocycles. The van der Waals surface area contributed by atoms with Gasteiger partial charge in [0.25, 0.3) is 0 Å². The first-order valence-corrected chi connectivity index (χ1v) is 11.0. The summed E-state index contributed by atoms with van der Waals surface area (Å²) in [7, 11) is -4.59. The largest absolute Gasteiger partial charge is 1.00 e. The topological polar surface area (TPSA) is 97.7 Å². The molecule has 0 spiro atoms. The second kappa shape index (κ2) is 17.8. The monoisotopic (exact) mass is 384 g/mol. The molecule has 0 bridgehead atoms. The van der Waals surface area contributed by atoms with E-state index in [4.69, 9.17) is 9.79 Å². The number of aliphatic carboxylic acids is 1. The van der Waals surface area contributed by atoms with Crippen LogP contribution in [0.1, 0.15) is 90.4 Å². The Morgan fingerprint density at radius 2 is 1.36 bits per heavy atom. The van der Waals surface area contributed by atoms with E-state index in [1.807, 2.05) is 0 Å². The Morgan fingerprint density at radius 3 is 1.80 bits per heavy atom. The van der Waals surface area contributed by atoms with Gasteiger partial charge in [-0.25, -0.2) is 0 Å². The summed E-state index contributed by atoms with van der Waals surface area (Å²) in [6.45, 7) is 2.22. The SMILES string of the molecule is CCCCCCCC/C=C\CCCCCCC(C(=O)[O-])P(=O)(O)O.[Na+]. The van der Waals surface area contributed by atoms with E-state index < -0.39 is 19.2 Å². The number of unbranched alkanes of at least 4 members (excludes halogenated alkanes) is 10. The van der Waals surface area contributed by atoms with E-state index in [1.54, 1.807) is 0 Å². The fourth-order valence-corrected chi connectivity index (χ4v) is 3.45. The van der Waals surface area contributed by atoms with Gasteiger partial charge in [-0.05, 0) is 32.1 Å². The van der Waals surface area contributed by atoms with Crippen molar-refractivity contribution in [3.63, 3.8) is 0 Å². The van der Waals surface area contributed by atoms with E-state index in [9.17, 15) is 14.5 Å². The van der Waals surface area contributed by atoms with Crippen LogP contribution in [0.25, 0.3) is 0 Å². The molecule has 0 saturated carbocycles. The molecule has 0 aromatic heterocycles. The molecule has 0 saturated heterocycles. The van der Waals surface area contributed by atoms with Crippen LogP contribution in [-0.2, 0) is 9.36 Å². The van der Waals surface area contributed by atoms with Crippen LogP contribution in [0.2, 0.25) is 0 Å². The third kappa shape index (κ3) is 17.5. The Morgan fingerprint density at radius 1 is 0.920 bits per heavy atom. The molecule has 1 unspecified atom stereocenters. The third-order valence-electron chi connectivity index (χ3n) is 4.17.